The molecule has 5 nitrogen and oxygen atoms in total. The molecule has 0 aliphatic carbocycles. The van der Waals surface area contributed by atoms with Crippen LogP contribution < -0.4 is 4.72 Å². The van der Waals surface area contributed by atoms with Crippen molar-refractivity contribution in [2.24, 2.45) is 0 Å². The molecule has 2 aromatic heterocycles. The van der Waals surface area contributed by atoms with Gasteiger partial charge in [-0.15, -0.1) is 11.3 Å². The van der Waals surface area contributed by atoms with E-state index in [4.69, 9.17) is 0 Å². The molecule has 1 aromatic carbocycles. The molecule has 0 saturated carbocycles. The molecule has 0 atom stereocenters. The number of aromatic nitrogens is 2. The molecular formula is C15H13N3O2S2. The molecule has 2 heterocycles. The highest BCUT2D eigenvalue weighted by Gasteiger charge is 2.17. The average molecular weight is 331 g/mol. The monoisotopic (exact) mass is 331 g/mol. The first-order valence-corrected chi connectivity index (χ1v) is 8.87. The molecule has 0 unspecified atom stereocenters. The Hall–Kier alpha value is -2.25. The van der Waals surface area contributed by atoms with Crippen molar-refractivity contribution in [1.29, 1.82) is 0 Å². The lowest BCUT2D eigenvalue weighted by atomic mass is 10.1. The smallest absolute Gasteiger partial charge is 0.263 e. The number of para-hydroxylation sites is 1. The van der Waals surface area contributed by atoms with Crippen LogP contribution in [0.3, 0.4) is 0 Å². The van der Waals surface area contributed by atoms with Gasteiger partial charge in [-0.3, -0.25) is 9.71 Å². The van der Waals surface area contributed by atoms with Crippen molar-refractivity contribution in [2.45, 2.75) is 11.8 Å². The van der Waals surface area contributed by atoms with E-state index in [-0.39, 0.29) is 4.90 Å². The Morgan fingerprint density at radius 1 is 1.14 bits per heavy atom. The van der Waals surface area contributed by atoms with Gasteiger partial charge in [0, 0.05) is 23.3 Å². The fourth-order valence-corrected chi connectivity index (χ4v) is 3.65. The highest BCUT2D eigenvalue weighted by atomic mass is 32.2. The molecule has 0 fully saturated rings. The van der Waals surface area contributed by atoms with Crippen LogP contribution in [0.25, 0.3) is 11.3 Å². The Balaban J connectivity index is 2.00. The molecule has 0 bridgehead atoms. The first kappa shape index (κ1) is 14.7. The standard InChI is InChI=1S/C15H13N3O2S2/c1-11-17-15(10-21-11)13-6-2-3-7-14(13)18-22(19,20)12-5-4-8-16-9-12/h2-10,18H,1H3. The zero-order chi connectivity index (χ0) is 15.6. The summed E-state index contributed by atoms with van der Waals surface area (Å²) >= 11 is 1.52. The number of thiazole rings is 1. The summed E-state index contributed by atoms with van der Waals surface area (Å²) < 4.78 is 27.5. The van der Waals surface area contributed by atoms with Crippen LogP contribution in [0.1, 0.15) is 5.01 Å². The molecule has 112 valence electrons. The molecule has 0 amide bonds. The predicted octanol–water partition coefficient (Wildman–Crippen LogP) is 3.31. The van der Waals surface area contributed by atoms with Crippen LogP contribution in [0, 0.1) is 6.92 Å². The lowest BCUT2D eigenvalue weighted by Gasteiger charge is -2.11. The summed E-state index contributed by atoms with van der Waals surface area (Å²) in [6, 6.07) is 10.3. The molecule has 0 saturated heterocycles. The number of benzene rings is 1. The van der Waals surface area contributed by atoms with E-state index in [0.29, 0.717) is 5.69 Å². The van der Waals surface area contributed by atoms with E-state index < -0.39 is 10.0 Å². The maximum Gasteiger partial charge on any atom is 0.263 e. The number of hydrogen-bond donors (Lipinski definition) is 1. The van der Waals surface area contributed by atoms with E-state index in [1.165, 1.54) is 29.8 Å². The third kappa shape index (κ3) is 3.00. The van der Waals surface area contributed by atoms with Gasteiger partial charge in [-0.1, -0.05) is 18.2 Å². The SMILES string of the molecule is Cc1nc(-c2ccccc2NS(=O)(=O)c2cccnc2)cs1. The van der Waals surface area contributed by atoms with Crippen LogP contribution in [-0.4, -0.2) is 18.4 Å². The molecule has 3 aromatic rings. The number of rotatable bonds is 4. The molecule has 0 spiro atoms. The first-order chi connectivity index (χ1) is 10.6. The highest BCUT2D eigenvalue weighted by Crippen LogP contribution is 2.30. The lowest BCUT2D eigenvalue weighted by molar-refractivity contribution is 0.601. The van der Waals surface area contributed by atoms with Crippen molar-refractivity contribution < 1.29 is 8.42 Å². The van der Waals surface area contributed by atoms with Crippen LogP contribution in [0.4, 0.5) is 5.69 Å². The topological polar surface area (TPSA) is 72.0 Å². The fraction of sp³-hybridized carbons (Fsp3) is 0.0667. The summed E-state index contributed by atoms with van der Waals surface area (Å²) in [5.41, 5.74) is 2.00. The van der Waals surface area contributed by atoms with Crippen molar-refractivity contribution >= 4 is 27.0 Å². The normalized spacial score (nSPS) is 11.3. The number of nitrogens with zero attached hydrogens (tertiary/aromatic N) is 2. The van der Waals surface area contributed by atoms with Crippen LogP contribution in [-0.2, 0) is 10.0 Å². The number of anilines is 1. The van der Waals surface area contributed by atoms with E-state index in [0.717, 1.165) is 16.3 Å². The van der Waals surface area contributed by atoms with E-state index >= 15 is 0 Å². The molecule has 22 heavy (non-hydrogen) atoms. The van der Waals surface area contributed by atoms with Gasteiger partial charge in [0.05, 0.1) is 16.4 Å². The van der Waals surface area contributed by atoms with Crippen LogP contribution in [0.2, 0.25) is 0 Å². The van der Waals surface area contributed by atoms with Crippen LogP contribution >= 0.6 is 11.3 Å². The minimum absolute atomic E-state index is 0.124. The van der Waals surface area contributed by atoms with Gasteiger partial charge in [-0.05, 0) is 25.1 Å². The maximum absolute atomic E-state index is 12.4. The Labute approximate surface area is 132 Å². The van der Waals surface area contributed by atoms with Crippen LogP contribution in [0.5, 0.6) is 0 Å². The Morgan fingerprint density at radius 2 is 1.95 bits per heavy atom. The predicted molar refractivity (Wildman–Crippen MR) is 87.3 cm³/mol. The number of pyridine rings is 1. The average Bonchev–Trinajstić information content (AvgIpc) is 2.95. The number of sulfonamides is 1. The van der Waals surface area contributed by atoms with Gasteiger partial charge in [0.25, 0.3) is 10.0 Å². The summed E-state index contributed by atoms with van der Waals surface area (Å²) in [6.07, 6.45) is 2.85. The van der Waals surface area contributed by atoms with Crippen molar-refractivity contribution in [3.8, 4) is 11.3 Å². The van der Waals surface area contributed by atoms with E-state index in [9.17, 15) is 8.42 Å². The fourth-order valence-electron chi connectivity index (χ4n) is 1.99. The van der Waals surface area contributed by atoms with Gasteiger partial charge in [0.15, 0.2) is 0 Å². The Bertz CT molecular complexity index is 890. The molecule has 0 aliphatic rings. The zero-order valence-corrected chi connectivity index (χ0v) is 13.4. The molecule has 7 heteroatoms. The van der Waals surface area contributed by atoms with Gasteiger partial charge in [-0.25, -0.2) is 13.4 Å². The molecule has 0 aliphatic heterocycles. The first-order valence-electron chi connectivity index (χ1n) is 6.51. The second-order valence-corrected chi connectivity index (χ2v) is 7.34. The molecular weight excluding hydrogens is 318 g/mol. The van der Waals surface area contributed by atoms with Crippen LogP contribution in [0.15, 0.2) is 59.1 Å². The summed E-state index contributed by atoms with van der Waals surface area (Å²) in [7, 11) is -3.67. The zero-order valence-electron chi connectivity index (χ0n) is 11.7. The molecule has 1 N–H and O–H groups in total. The number of hydrogen-bond acceptors (Lipinski definition) is 5. The van der Waals surface area contributed by atoms with Gasteiger partial charge in [0.1, 0.15) is 4.90 Å². The van der Waals surface area contributed by atoms with Gasteiger partial charge >= 0.3 is 0 Å². The maximum atomic E-state index is 12.4. The van der Waals surface area contributed by atoms with Crippen molar-refractivity contribution in [1.82, 2.24) is 9.97 Å². The van der Waals surface area contributed by atoms with E-state index in [1.54, 1.807) is 18.2 Å². The van der Waals surface area contributed by atoms with Gasteiger partial charge in [-0.2, -0.15) is 0 Å². The molecule has 0 radical (unpaired) electrons. The van der Waals surface area contributed by atoms with Gasteiger partial charge in [0.2, 0.25) is 0 Å². The lowest BCUT2D eigenvalue weighted by Crippen LogP contribution is -2.13. The largest absolute Gasteiger partial charge is 0.279 e. The summed E-state index contributed by atoms with van der Waals surface area (Å²) in [4.78, 5) is 8.39. The Kier molecular flexibility index (Phi) is 3.91. The van der Waals surface area contributed by atoms with E-state index in [2.05, 4.69) is 14.7 Å². The quantitative estimate of drug-likeness (QED) is 0.796. The number of nitrogens with one attached hydrogen (secondary N) is 1. The van der Waals surface area contributed by atoms with E-state index in [1.807, 2.05) is 24.4 Å². The second-order valence-electron chi connectivity index (χ2n) is 4.59. The minimum atomic E-state index is -3.67. The highest BCUT2D eigenvalue weighted by molar-refractivity contribution is 7.92. The Morgan fingerprint density at radius 3 is 2.64 bits per heavy atom. The third-order valence-corrected chi connectivity index (χ3v) is 5.14. The van der Waals surface area contributed by atoms with Gasteiger partial charge < -0.3 is 0 Å². The molecule has 3 rings (SSSR count). The number of aryl methyl sites for hydroxylation is 1. The van der Waals surface area contributed by atoms with Crippen molar-refractivity contribution in [2.75, 3.05) is 4.72 Å². The van der Waals surface area contributed by atoms with Crippen molar-refractivity contribution in [3.63, 3.8) is 0 Å². The summed E-state index contributed by atoms with van der Waals surface area (Å²) in [5.74, 6) is 0. The third-order valence-electron chi connectivity index (χ3n) is 3.01. The second kappa shape index (κ2) is 5.86. The minimum Gasteiger partial charge on any atom is -0.279 e. The summed E-state index contributed by atoms with van der Waals surface area (Å²) in [5, 5.41) is 2.84. The summed E-state index contributed by atoms with van der Waals surface area (Å²) in [6.45, 7) is 1.91. The van der Waals surface area contributed by atoms with Crippen molar-refractivity contribution in [3.05, 3.63) is 59.2 Å².